The average Bonchev–Trinajstić information content (AvgIpc) is 3.00. The third-order valence-electron chi connectivity index (χ3n) is 3.73. The first-order valence-corrected chi connectivity index (χ1v) is 5.43. The summed E-state index contributed by atoms with van der Waals surface area (Å²) in [5.74, 6) is 1.09. The summed E-state index contributed by atoms with van der Waals surface area (Å²) < 4.78 is 0. The van der Waals surface area contributed by atoms with Gasteiger partial charge in [-0.1, -0.05) is 30.3 Å². The third kappa shape index (κ3) is 1.39. The SMILES string of the molecule is c1ccc(CC2(C3CC3)CC2)cc1. The zero-order valence-electron chi connectivity index (χ0n) is 8.00. The smallest absolute Gasteiger partial charge is 0.0219 e. The van der Waals surface area contributed by atoms with Crippen molar-refractivity contribution in [1.82, 2.24) is 0 Å². The Balaban J connectivity index is 1.75. The molecule has 3 rings (SSSR count). The van der Waals surface area contributed by atoms with Gasteiger partial charge in [-0.2, -0.15) is 0 Å². The van der Waals surface area contributed by atoms with Crippen LogP contribution in [0, 0.1) is 11.3 Å². The molecule has 0 unspecified atom stereocenters. The molecular formula is C13H16. The molecule has 1 aromatic carbocycles. The van der Waals surface area contributed by atoms with Crippen LogP contribution in [0.25, 0.3) is 0 Å². The van der Waals surface area contributed by atoms with Crippen LogP contribution in [-0.4, -0.2) is 0 Å². The normalized spacial score (nSPS) is 24.3. The fourth-order valence-corrected chi connectivity index (χ4v) is 2.59. The van der Waals surface area contributed by atoms with Crippen LogP contribution < -0.4 is 0 Å². The van der Waals surface area contributed by atoms with Gasteiger partial charge in [0.25, 0.3) is 0 Å². The Morgan fingerprint density at radius 3 is 2.31 bits per heavy atom. The van der Waals surface area contributed by atoms with E-state index in [0.29, 0.717) is 0 Å². The molecule has 0 aromatic heterocycles. The van der Waals surface area contributed by atoms with Gasteiger partial charge in [-0.15, -0.1) is 0 Å². The molecule has 0 amide bonds. The lowest BCUT2D eigenvalue weighted by molar-refractivity contribution is 0.437. The standard InChI is InChI=1S/C13H16/c1-2-4-11(5-3-1)10-13(8-9-13)12-6-7-12/h1-5,12H,6-10H2. The van der Waals surface area contributed by atoms with E-state index in [2.05, 4.69) is 30.3 Å². The number of rotatable bonds is 3. The van der Waals surface area contributed by atoms with Gasteiger partial charge in [0.1, 0.15) is 0 Å². The van der Waals surface area contributed by atoms with Crippen LogP contribution in [0.2, 0.25) is 0 Å². The Morgan fingerprint density at radius 2 is 1.77 bits per heavy atom. The van der Waals surface area contributed by atoms with Crippen molar-refractivity contribution in [3.63, 3.8) is 0 Å². The molecular weight excluding hydrogens is 156 g/mol. The van der Waals surface area contributed by atoms with Gasteiger partial charge in [0.2, 0.25) is 0 Å². The van der Waals surface area contributed by atoms with E-state index in [1.165, 1.54) is 32.1 Å². The first kappa shape index (κ1) is 7.61. The fraction of sp³-hybridized carbons (Fsp3) is 0.538. The summed E-state index contributed by atoms with van der Waals surface area (Å²) in [6, 6.07) is 11.0. The Kier molecular flexibility index (Phi) is 1.52. The van der Waals surface area contributed by atoms with Crippen LogP contribution in [0.5, 0.6) is 0 Å². The number of benzene rings is 1. The molecule has 2 saturated carbocycles. The molecule has 0 saturated heterocycles. The molecule has 13 heavy (non-hydrogen) atoms. The predicted molar refractivity (Wildman–Crippen MR) is 54.5 cm³/mol. The summed E-state index contributed by atoms with van der Waals surface area (Å²) in [5.41, 5.74) is 2.31. The maximum atomic E-state index is 2.28. The lowest BCUT2D eigenvalue weighted by Gasteiger charge is -2.13. The molecule has 0 nitrogen and oxygen atoms in total. The van der Waals surface area contributed by atoms with Crippen molar-refractivity contribution in [3.05, 3.63) is 35.9 Å². The molecule has 0 bridgehead atoms. The van der Waals surface area contributed by atoms with Gasteiger partial charge in [0.05, 0.1) is 0 Å². The Hall–Kier alpha value is -0.780. The monoisotopic (exact) mass is 172 g/mol. The molecule has 1 aromatic rings. The summed E-state index contributed by atoms with van der Waals surface area (Å²) in [4.78, 5) is 0. The molecule has 0 radical (unpaired) electrons. The second-order valence-electron chi connectivity index (χ2n) is 4.80. The van der Waals surface area contributed by atoms with Crippen LogP contribution in [0.3, 0.4) is 0 Å². The topological polar surface area (TPSA) is 0 Å². The van der Waals surface area contributed by atoms with E-state index in [4.69, 9.17) is 0 Å². The highest BCUT2D eigenvalue weighted by Gasteiger charge is 2.53. The van der Waals surface area contributed by atoms with E-state index in [1.807, 2.05) is 0 Å². The van der Waals surface area contributed by atoms with Crippen molar-refractivity contribution in [2.45, 2.75) is 32.1 Å². The van der Waals surface area contributed by atoms with Crippen molar-refractivity contribution in [2.24, 2.45) is 11.3 Å². The molecule has 0 aliphatic heterocycles. The second-order valence-corrected chi connectivity index (χ2v) is 4.80. The van der Waals surface area contributed by atoms with Gasteiger partial charge in [-0.25, -0.2) is 0 Å². The lowest BCUT2D eigenvalue weighted by atomic mass is 9.92. The highest BCUT2D eigenvalue weighted by Crippen LogP contribution is 2.62. The summed E-state index contributed by atoms with van der Waals surface area (Å²) in [6.45, 7) is 0. The maximum absolute atomic E-state index is 2.28. The Morgan fingerprint density at radius 1 is 1.08 bits per heavy atom. The van der Waals surface area contributed by atoms with Crippen LogP contribution >= 0.6 is 0 Å². The first-order valence-electron chi connectivity index (χ1n) is 5.43. The van der Waals surface area contributed by atoms with E-state index < -0.39 is 0 Å². The van der Waals surface area contributed by atoms with E-state index in [-0.39, 0.29) is 0 Å². The van der Waals surface area contributed by atoms with E-state index >= 15 is 0 Å². The zero-order chi connectivity index (χ0) is 8.73. The average molecular weight is 172 g/mol. The number of hydrogen-bond acceptors (Lipinski definition) is 0. The van der Waals surface area contributed by atoms with Crippen LogP contribution in [-0.2, 0) is 6.42 Å². The van der Waals surface area contributed by atoms with Crippen molar-refractivity contribution >= 4 is 0 Å². The summed E-state index contributed by atoms with van der Waals surface area (Å²) in [6.07, 6.45) is 7.34. The molecule has 0 heteroatoms. The van der Waals surface area contributed by atoms with Gasteiger partial charge >= 0.3 is 0 Å². The third-order valence-corrected chi connectivity index (χ3v) is 3.73. The molecule has 0 spiro atoms. The van der Waals surface area contributed by atoms with Gasteiger partial charge in [0.15, 0.2) is 0 Å². The first-order chi connectivity index (χ1) is 6.39. The van der Waals surface area contributed by atoms with Crippen LogP contribution in [0.15, 0.2) is 30.3 Å². The minimum atomic E-state index is 0.765. The van der Waals surface area contributed by atoms with Crippen LogP contribution in [0.4, 0.5) is 0 Å². The fourth-order valence-electron chi connectivity index (χ4n) is 2.59. The maximum Gasteiger partial charge on any atom is -0.0219 e. The lowest BCUT2D eigenvalue weighted by Crippen LogP contribution is -2.06. The van der Waals surface area contributed by atoms with Crippen molar-refractivity contribution in [1.29, 1.82) is 0 Å². The van der Waals surface area contributed by atoms with E-state index in [9.17, 15) is 0 Å². The second kappa shape index (κ2) is 2.60. The van der Waals surface area contributed by atoms with Gasteiger partial charge in [-0.05, 0) is 49.0 Å². The highest BCUT2D eigenvalue weighted by atomic mass is 14.6. The molecule has 0 N–H and O–H groups in total. The number of hydrogen-bond donors (Lipinski definition) is 0. The summed E-state index contributed by atoms with van der Waals surface area (Å²) >= 11 is 0. The molecule has 2 aliphatic rings. The summed E-state index contributed by atoms with van der Waals surface area (Å²) in [7, 11) is 0. The van der Waals surface area contributed by atoms with Gasteiger partial charge in [-0.3, -0.25) is 0 Å². The van der Waals surface area contributed by atoms with E-state index in [0.717, 1.165) is 11.3 Å². The van der Waals surface area contributed by atoms with Crippen molar-refractivity contribution in [2.75, 3.05) is 0 Å². The largest absolute Gasteiger partial charge is 0.0622 e. The highest BCUT2D eigenvalue weighted by molar-refractivity contribution is 5.20. The quantitative estimate of drug-likeness (QED) is 0.655. The van der Waals surface area contributed by atoms with Crippen molar-refractivity contribution in [3.8, 4) is 0 Å². The van der Waals surface area contributed by atoms with Crippen LogP contribution in [0.1, 0.15) is 31.2 Å². The molecule has 0 heterocycles. The predicted octanol–water partition coefficient (Wildman–Crippen LogP) is 3.42. The van der Waals surface area contributed by atoms with Crippen molar-refractivity contribution < 1.29 is 0 Å². The minimum Gasteiger partial charge on any atom is -0.0622 e. The zero-order valence-corrected chi connectivity index (χ0v) is 8.00. The van der Waals surface area contributed by atoms with Gasteiger partial charge in [0, 0.05) is 0 Å². The molecule has 0 atom stereocenters. The molecule has 2 aliphatic carbocycles. The molecule has 2 fully saturated rings. The Bertz CT molecular complexity index is 291. The molecule has 68 valence electrons. The van der Waals surface area contributed by atoms with Gasteiger partial charge < -0.3 is 0 Å². The minimum absolute atomic E-state index is 0.765. The summed E-state index contributed by atoms with van der Waals surface area (Å²) in [5, 5.41) is 0. The Labute approximate surface area is 80.0 Å². The van der Waals surface area contributed by atoms with E-state index in [1.54, 1.807) is 5.56 Å².